The minimum atomic E-state index is -0.959. The van der Waals surface area contributed by atoms with Crippen molar-refractivity contribution in [2.45, 2.75) is 0 Å². The topological polar surface area (TPSA) is 66.8 Å². The lowest BCUT2D eigenvalue weighted by Gasteiger charge is -1.97. The summed E-state index contributed by atoms with van der Waals surface area (Å²) in [6.45, 7) is 0.125. The highest BCUT2D eigenvalue weighted by atomic mass is 32.1. The smallest absolute Gasteiger partial charge is 0.345 e. The average Bonchev–Trinajstić information content (AvgIpc) is 2.48. The normalized spacial score (nSPS) is 9.75. The lowest BCUT2D eigenvalue weighted by molar-refractivity contribution is 0.0702. The van der Waals surface area contributed by atoms with Gasteiger partial charge in [-0.1, -0.05) is 11.3 Å². The minimum absolute atomic E-state index is 0.0691. The van der Waals surface area contributed by atoms with Crippen LogP contribution < -0.4 is 4.74 Å². The lowest BCUT2D eigenvalue weighted by Crippen LogP contribution is -1.99. The Morgan fingerprint density at radius 2 is 2.33 bits per heavy atom. The Balaban J connectivity index is 2.58. The van der Waals surface area contributed by atoms with Gasteiger partial charge in [-0.3, -0.25) is 0 Å². The van der Waals surface area contributed by atoms with Crippen LogP contribution in [0.2, 0.25) is 0 Å². The molecule has 0 amide bonds. The second-order valence-corrected chi connectivity index (χ2v) is 3.04. The van der Waals surface area contributed by atoms with E-state index in [0.29, 0.717) is 5.06 Å². The fraction of sp³-hybridized carbons (Fsp3) is 0.286. The van der Waals surface area contributed by atoms with Crippen molar-refractivity contribution in [3.63, 3.8) is 0 Å². The molecule has 0 aliphatic heterocycles. The van der Waals surface area contributed by atoms with Crippen molar-refractivity contribution in [2.75, 3.05) is 13.2 Å². The Morgan fingerprint density at radius 3 is 2.83 bits per heavy atom. The summed E-state index contributed by atoms with van der Waals surface area (Å²) in [5, 5.41) is 17.5. The Bertz CT molecular complexity index is 268. The van der Waals surface area contributed by atoms with Gasteiger partial charge in [0.2, 0.25) is 0 Å². The molecule has 0 aliphatic carbocycles. The summed E-state index contributed by atoms with van der Waals surface area (Å²) < 4.78 is 4.99. The monoisotopic (exact) mass is 188 g/mol. The van der Waals surface area contributed by atoms with E-state index in [1.54, 1.807) is 6.07 Å². The Labute approximate surface area is 73.0 Å². The summed E-state index contributed by atoms with van der Waals surface area (Å²) in [5.74, 6) is -0.959. The van der Waals surface area contributed by atoms with Crippen LogP contribution in [0, 0.1) is 0 Å². The molecule has 1 aromatic rings. The summed E-state index contributed by atoms with van der Waals surface area (Å²) in [5.41, 5.74) is 0. The SMILES string of the molecule is O=C(O)c1ccc(OCCO)s1. The third-order valence-electron chi connectivity index (χ3n) is 1.13. The predicted molar refractivity (Wildman–Crippen MR) is 43.9 cm³/mol. The number of rotatable bonds is 4. The molecule has 0 fully saturated rings. The van der Waals surface area contributed by atoms with Crippen LogP contribution in [0.1, 0.15) is 9.67 Å². The van der Waals surface area contributed by atoms with Crippen molar-refractivity contribution in [3.05, 3.63) is 17.0 Å². The molecule has 2 N–H and O–H groups in total. The zero-order valence-electron chi connectivity index (χ0n) is 6.19. The van der Waals surface area contributed by atoms with Crippen LogP contribution in [0.4, 0.5) is 0 Å². The fourth-order valence-electron chi connectivity index (χ4n) is 0.659. The number of carboxylic acids is 1. The third kappa shape index (κ3) is 2.21. The van der Waals surface area contributed by atoms with Gasteiger partial charge < -0.3 is 14.9 Å². The van der Waals surface area contributed by atoms with Crippen molar-refractivity contribution >= 4 is 17.3 Å². The highest BCUT2D eigenvalue weighted by molar-refractivity contribution is 7.15. The van der Waals surface area contributed by atoms with Gasteiger partial charge in [-0.2, -0.15) is 0 Å². The number of aromatic carboxylic acids is 1. The second kappa shape index (κ2) is 4.08. The second-order valence-electron chi connectivity index (χ2n) is 2.00. The fourth-order valence-corrected chi connectivity index (χ4v) is 1.38. The summed E-state index contributed by atoms with van der Waals surface area (Å²) in [4.78, 5) is 10.6. The van der Waals surface area contributed by atoms with Gasteiger partial charge in [0.1, 0.15) is 11.5 Å². The molecule has 4 nitrogen and oxygen atoms in total. The molecule has 5 heteroatoms. The first-order valence-electron chi connectivity index (χ1n) is 3.31. The zero-order chi connectivity index (χ0) is 8.97. The van der Waals surface area contributed by atoms with Gasteiger partial charge >= 0.3 is 5.97 Å². The van der Waals surface area contributed by atoms with Crippen LogP contribution in [0.25, 0.3) is 0 Å². The predicted octanol–water partition coefficient (Wildman–Crippen LogP) is 0.817. The van der Waals surface area contributed by atoms with Crippen molar-refractivity contribution in [3.8, 4) is 5.06 Å². The van der Waals surface area contributed by atoms with Crippen molar-refractivity contribution < 1.29 is 19.7 Å². The highest BCUT2D eigenvalue weighted by Crippen LogP contribution is 2.23. The maximum atomic E-state index is 10.4. The molecule has 0 aliphatic rings. The van der Waals surface area contributed by atoms with E-state index in [0.717, 1.165) is 11.3 Å². The van der Waals surface area contributed by atoms with Crippen LogP contribution in [-0.4, -0.2) is 29.4 Å². The maximum absolute atomic E-state index is 10.4. The number of aliphatic hydroxyl groups excluding tert-OH is 1. The quantitative estimate of drug-likeness (QED) is 0.734. The van der Waals surface area contributed by atoms with E-state index in [-0.39, 0.29) is 18.1 Å². The molecule has 0 saturated heterocycles. The Kier molecular flexibility index (Phi) is 3.07. The molecule has 0 saturated carbocycles. The van der Waals surface area contributed by atoms with Gasteiger partial charge in [0, 0.05) is 0 Å². The van der Waals surface area contributed by atoms with Gasteiger partial charge in [-0.15, -0.1) is 0 Å². The van der Waals surface area contributed by atoms with Crippen molar-refractivity contribution in [1.29, 1.82) is 0 Å². The van der Waals surface area contributed by atoms with Gasteiger partial charge in [0.25, 0.3) is 0 Å². The number of aliphatic hydroxyl groups is 1. The molecular weight excluding hydrogens is 180 g/mol. The third-order valence-corrected chi connectivity index (χ3v) is 2.11. The van der Waals surface area contributed by atoms with Crippen LogP contribution >= 0.6 is 11.3 Å². The van der Waals surface area contributed by atoms with Crippen LogP contribution in [-0.2, 0) is 0 Å². The van der Waals surface area contributed by atoms with E-state index in [2.05, 4.69) is 0 Å². The van der Waals surface area contributed by atoms with Gasteiger partial charge in [-0.25, -0.2) is 4.79 Å². The van der Waals surface area contributed by atoms with E-state index in [1.165, 1.54) is 6.07 Å². The van der Waals surface area contributed by atoms with E-state index < -0.39 is 5.97 Å². The molecule has 1 aromatic heterocycles. The van der Waals surface area contributed by atoms with E-state index >= 15 is 0 Å². The molecule has 0 unspecified atom stereocenters. The van der Waals surface area contributed by atoms with Crippen LogP contribution in [0.3, 0.4) is 0 Å². The molecule has 1 rings (SSSR count). The van der Waals surface area contributed by atoms with Crippen molar-refractivity contribution in [1.82, 2.24) is 0 Å². The van der Waals surface area contributed by atoms with Gasteiger partial charge in [-0.05, 0) is 12.1 Å². The summed E-state index contributed by atoms with van der Waals surface area (Å²) >= 11 is 1.05. The summed E-state index contributed by atoms with van der Waals surface area (Å²) in [6, 6.07) is 3.05. The Hall–Kier alpha value is -1.07. The molecule has 0 bridgehead atoms. The summed E-state index contributed by atoms with van der Waals surface area (Å²) in [7, 11) is 0. The van der Waals surface area contributed by atoms with E-state index in [9.17, 15) is 4.79 Å². The molecular formula is C7H8O4S. The van der Waals surface area contributed by atoms with Gasteiger partial charge in [0.15, 0.2) is 5.06 Å². The highest BCUT2D eigenvalue weighted by Gasteiger charge is 2.06. The Morgan fingerprint density at radius 1 is 1.58 bits per heavy atom. The molecule has 12 heavy (non-hydrogen) atoms. The number of carbonyl (C=O) groups is 1. The molecule has 0 spiro atoms. The molecule has 0 atom stereocenters. The van der Waals surface area contributed by atoms with Crippen molar-refractivity contribution in [2.24, 2.45) is 0 Å². The number of carboxylic acid groups (broad SMARTS) is 1. The zero-order valence-corrected chi connectivity index (χ0v) is 7.00. The summed E-state index contributed by atoms with van der Waals surface area (Å²) in [6.07, 6.45) is 0. The largest absolute Gasteiger partial charge is 0.482 e. The first kappa shape index (κ1) is 9.02. The first-order valence-corrected chi connectivity index (χ1v) is 4.12. The van der Waals surface area contributed by atoms with E-state index in [4.69, 9.17) is 14.9 Å². The molecule has 0 radical (unpaired) electrons. The van der Waals surface area contributed by atoms with Crippen LogP contribution in [0.5, 0.6) is 5.06 Å². The molecule has 0 aromatic carbocycles. The molecule has 66 valence electrons. The first-order chi connectivity index (χ1) is 5.74. The molecule has 1 heterocycles. The average molecular weight is 188 g/mol. The number of ether oxygens (including phenoxy) is 1. The number of thiophene rings is 1. The van der Waals surface area contributed by atoms with Gasteiger partial charge in [0.05, 0.1) is 6.61 Å². The standard InChI is InChI=1S/C7H8O4S/c8-3-4-11-6-2-1-5(12-6)7(9)10/h1-2,8H,3-4H2,(H,9,10). The lowest BCUT2D eigenvalue weighted by atomic mass is 10.5. The minimum Gasteiger partial charge on any atom is -0.482 e. The number of hydrogen-bond donors (Lipinski definition) is 2. The maximum Gasteiger partial charge on any atom is 0.345 e. The van der Waals surface area contributed by atoms with E-state index in [1.807, 2.05) is 0 Å². The number of hydrogen-bond acceptors (Lipinski definition) is 4. The van der Waals surface area contributed by atoms with Crippen LogP contribution in [0.15, 0.2) is 12.1 Å².